The molecule has 0 aromatic heterocycles. The molecule has 0 bridgehead atoms. The molecule has 1 unspecified atom stereocenters. The van der Waals surface area contributed by atoms with E-state index in [1.807, 2.05) is 0 Å². The van der Waals surface area contributed by atoms with E-state index < -0.39 is 34.3 Å². The normalized spacial score (nSPS) is 11.8. The number of benzene rings is 2. The van der Waals surface area contributed by atoms with Crippen LogP contribution >= 0.6 is 15.6 Å². The third-order valence-corrected chi connectivity index (χ3v) is 7.30. The third kappa shape index (κ3) is 19.8. The molecule has 5 N–H and O–H groups in total. The van der Waals surface area contributed by atoms with Gasteiger partial charge in [0, 0.05) is 24.1 Å². The number of unbranched alkanes of at least 4 members (excludes halogenated alkanes) is 8. The minimum absolute atomic E-state index is 0. The van der Waals surface area contributed by atoms with Crippen LogP contribution < -0.4 is 14.4 Å². The van der Waals surface area contributed by atoms with E-state index in [-0.39, 0.29) is 42.4 Å². The molecule has 0 spiro atoms. The van der Waals surface area contributed by atoms with E-state index in [1.54, 1.807) is 0 Å². The number of hydrogen-bond acceptors (Lipinski definition) is 6. The molecular weight excluding hydrogens is 646 g/mol. The second-order valence-electron chi connectivity index (χ2n) is 10.4. The first-order valence-electron chi connectivity index (χ1n) is 14.9. The van der Waals surface area contributed by atoms with Gasteiger partial charge in [-0.2, -0.15) is 0 Å². The van der Waals surface area contributed by atoms with Crippen LogP contribution in [0.1, 0.15) is 116 Å². The highest BCUT2D eigenvalue weighted by Gasteiger charge is 2.21. The lowest BCUT2D eigenvalue weighted by Crippen LogP contribution is -2.11. The highest BCUT2D eigenvalue weighted by Crippen LogP contribution is 2.40. The SMILES string of the molecule is C.CCCCCCC(=O)Nc1ccc(OP(=O)(O)O)c(CF)c1.CCCCCCCCC(=O)C(F)c1ccc(OP(=O)(O)O)cc1. The van der Waals surface area contributed by atoms with Crippen molar-refractivity contribution in [2.24, 2.45) is 0 Å². The number of carbonyl (C=O) groups excluding carboxylic acids is 2. The fourth-order valence-corrected chi connectivity index (χ4v) is 4.97. The average Bonchev–Trinajstić information content (AvgIpc) is 2.96. The number of Topliss-reactive ketones (excluding diaryl/α,β-unsaturated/α-hetero) is 1. The van der Waals surface area contributed by atoms with Crippen molar-refractivity contribution in [2.45, 2.75) is 111 Å². The van der Waals surface area contributed by atoms with Crippen LogP contribution in [0.5, 0.6) is 11.5 Å². The molecule has 15 heteroatoms. The Morgan fingerprint density at radius 2 is 1.30 bits per heavy atom. The van der Waals surface area contributed by atoms with Gasteiger partial charge < -0.3 is 14.4 Å². The fraction of sp³-hybridized carbons (Fsp3) is 0.548. The highest BCUT2D eigenvalue weighted by molar-refractivity contribution is 7.47. The van der Waals surface area contributed by atoms with Crippen LogP contribution in [0.3, 0.4) is 0 Å². The molecule has 0 aliphatic carbocycles. The molecule has 262 valence electrons. The van der Waals surface area contributed by atoms with Crippen LogP contribution in [0.25, 0.3) is 0 Å². The van der Waals surface area contributed by atoms with Crippen molar-refractivity contribution in [2.75, 3.05) is 5.32 Å². The van der Waals surface area contributed by atoms with Crippen LogP contribution in [0, 0.1) is 0 Å². The van der Waals surface area contributed by atoms with E-state index >= 15 is 0 Å². The average molecular weight is 696 g/mol. The molecule has 2 rings (SSSR count). The summed E-state index contributed by atoms with van der Waals surface area (Å²) in [5, 5.41) is 2.63. The summed E-state index contributed by atoms with van der Waals surface area (Å²) < 4.78 is 57.2. The molecule has 1 amide bonds. The molecule has 0 saturated heterocycles. The molecule has 0 heterocycles. The molecule has 0 saturated carbocycles. The number of carbonyl (C=O) groups is 2. The smallest absolute Gasteiger partial charge is 0.404 e. The second kappa shape index (κ2) is 22.8. The number of ketones is 1. The molecule has 2 aromatic rings. The number of halogens is 2. The zero-order chi connectivity index (χ0) is 33.9. The molecule has 0 fully saturated rings. The van der Waals surface area contributed by atoms with Crippen LogP contribution in [0.2, 0.25) is 0 Å². The zero-order valence-electron chi connectivity index (χ0n) is 25.7. The Hall–Kier alpha value is -2.66. The van der Waals surface area contributed by atoms with Crippen LogP contribution in [-0.4, -0.2) is 31.3 Å². The van der Waals surface area contributed by atoms with Crippen molar-refractivity contribution in [3.05, 3.63) is 53.6 Å². The van der Waals surface area contributed by atoms with Crippen molar-refractivity contribution in [1.82, 2.24) is 0 Å². The van der Waals surface area contributed by atoms with Crippen molar-refractivity contribution in [3.63, 3.8) is 0 Å². The van der Waals surface area contributed by atoms with Crippen molar-refractivity contribution < 1.29 is 56.1 Å². The maximum atomic E-state index is 14.1. The second-order valence-corrected chi connectivity index (χ2v) is 12.7. The largest absolute Gasteiger partial charge is 0.524 e. The van der Waals surface area contributed by atoms with E-state index in [1.165, 1.54) is 48.9 Å². The quantitative estimate of drug-likeness (QED) is 0.0664. The van der Waals surface area contributed by atoms with E-state index in [4.69, 9.17) is 19.6 Å². The van der Waals surface area contributed by atoms with Gasteiger partial charge in [0.15, 0.2) is 12.0 Å². The summed E-state index contributed by atoms with van der Waals surface area (Å²) in [6, 6.07) is 9.01. The number of anilines is 1. The topological polar surface area (TPSA) is 180 Å². The van der Waals surface area contributed by atoms with Gasteiger partial charge in [-0.25, -0.2) is 17.9 Å². The summed E-state index contributed by atoms with van der Waals surface area (Å²) in [4.78, 5) is 58.4. The van der Waals surface area contributed by atoms with Crippen LogP contribution in [0.15, 0.2) is 42.5 Å². The molecule has 1 atom stereocenters. The van der Waals surface area contributed by atoms with Gasteiger partial charge in [-0.05, 0) is 48.7 Å². The predicted molar refractivity (Wildman–Crippen MR) is 174 cm³/mol. The van der Waals surface area contributed by atoms with Gasteiger partial charge in [0.1, 0.15) is 18.2 Å². The lowest BCUT2D eigenvalue weighted by atomic mass is 10.0. The van der Waals surface area contributed by atoms with Gasteiger partial charge in [0.25, 0.3) is 0 Å². The minimum Gasteiger partial charge on any atom is -0.404 e. The Bertz CT molecular complexity index is 1270. The summed E-state index contributed by atoms with van der Waals surface area (Å²) in [6.07, 6.45) is 8.96. The number of phosphoric ester groups is 2. The van der Waals surface area contributed by atoms with Crippen molar-refractivity contribution in [1.29, 1.82) is 0 Å². The Kier molecular flexibility index (Phi) is 21.5. The summed E-state index contributed by atoms with van der Waals surface area (Å²) in [7, 11) is -9.38. The number of nitrogens with one attached hydrogen (secondary N) is 1. The number of phosphoric acid groups is 2. The maximum Gasteiger partial charge on any atom is 0.524 e. The highest BCUT2D eigenvalue weighted by atomic mass is 31.2. The molecule has 0 radical (unpaired) electrons. The Balaban J connectivity index is 0.000000862. The van der Waals surface area contributed by atoms with Crippen LogP contribution in [-0.2, 0) is 25.4 Å². The fourth-order valence-electron chi connectivity index (χ4n) is 4.14. The maximum absolute atomic E-state index is 14.1. The number of alkyl halides is 2. The molecule has 0 aliphatic heterocycles. The van der Waals surface area contributed by atoms with E-state index in [0.717, 1.165) is 51.4 Å². The summed E-state index contributed by atoms with van der Waals surface area (Å²) in [6.45, 7) is 3.25. The predicted octanol–water partition coefficient (Wildman–Crippen LogP) is 8.66. The first-order valence-corrected chi connectivity index (χ1v) is 18.0. The molecule has 11 nitrogen and oxygen atoms in total. The van der Waals surface area contributed by atoms with E-state index in [2.05, 4.69) is 28.2 Å². The first kappa shape index (κ1) is 43.3. The Labute approximate surface area is 270 Å². The van der Waals surface area contributed by atoms with Gasteiger partial charge in [-0.3, -0.25) is 29.2 Å². The van der Waals surface area contributed by atoms with Gasteiger partial charge in [-0.1, -0.05) is 84.8 Å². The van der Waals surface area contributed by atoms with Gasteiger partial charge >= 0.3 is 15.6 Å². The van der Waals surface area contributed by atoms with E-state index in [9.17, 15) is 27.5 Å². The minimum atomic E-state index is -4.75. The molecule has 46 heavy (non-hydrogen) atoms. The lowest BCUT2D eigenvalue weighted by molar-refractivity contribution is -0.124. The first-order chi connectivity index (χ1) is 21.2. The number of hydrogen-bond donors (Lipinski definition) is 5. The Morgan fingerprint density at radius 3 is 1.85 bits per heavy atom. The van der Waals surface area contributed by atoms with E-state index in [0.29, 0.717) is 18.5 Å². The van der Waals surface area contributed by atoms with Crippen molar-refractivity contribution in [3.8, 4) is 11.5 Å². The van der Waals surface area contributed by atoms with Crippen molar-refractivity contribution >= 4 is 33.0 Å². The van der Waals surface area contributed by atoms with Gasteiger partial charge in [-0.15, -0.1) is 0 Å². The Morgan fingerprint density at radius 1 is 0.783 bits per heavy atom. The molecular formula is C31H49F2NO10P2. The summed E-state index contributed by atoms with van der Waals surface area (Å²) in [5.41, 5.74) is 0.498. The summed E-state index contributed by atoms with van der Waals surface area (Å²) in [5.74, 6) is -0.955. The monoisotopic (exact) mass is 695 g/mol. The number of rotatable bonds is 20. The molecule has 2 aromatic carbocycles. The summed E-state index contributed by atoms with van der Waals surface area (Å²) >= 11 is 0. The zero-order valence-corrected chi connectivity index (χ0v) is 27.5. The number of amides is 1. The molecule has 0 aliphatic rings. The third-order valence-electron chi connectivity index (χ3n) is 6.42. The van der Waals surface area contributed by atoms with Gasteiger partial charge in [0.2, 0.25) is 5.91 Å². The lowest BCUT2D eigenvalue weighted by Gasteiger charge is -2.12. The van der Waals surface area contributed by atoms with Gasteiger partial charge in [0.05, 0.1) is 0 Å². The van der Waals surface area contributed by atoms with Crippen LogP contribution in [0.4, 0.5) is 14.5 Å². The standard InChI is InChI=1S/C16H24FO5P.C14H21FNO5P.CH4/c1-2-3-4-5-6-7-8-15(18)16(17)13-9-11-14(12-10-13)22-23(19,20)21;1-2-3-4-5-6-14(17)16-12-7-8-13(11(9-12)10-15)21-22(18,19)20;/h9-12,16H,2-8H2,1H3,(H2,19,20,21);7-9H,2-6,10H2,1H3,(H,16,17)(H2,18,19,20);1H4.